The van der Waals surface area contributed by atoms with Crippen LogP contribution in [0.3, 0.4) is 0 Å². The van der Waals surface area contributed by atoms with Crippen LogP contribution in [0.4, 0.5) is 0 Å². The van der Waals surface area contributed by atoms with Gasteiger partial charge in [-0.25, -0.2) is 0 Å². The van der Waals surface area contributed by atoms with E-state index in [1.54, 1.807) is 34.7 Å². The Labute approximate surface area is 167 Å². The van der Waals surface area contributed by atoms with Gasteiger partial charge in [-0.05, 0) is 46.3 Å². The van der Waals surface area contributed by atoms with E-state index in [4.69, 9.17) is 10.7 Å². The Hall–Kier alpha value is -3.30. The van der Waals surface area contributed by atoms with Crippen LogP contribution in [0.25, 0.3) is 11.1 Å². The zero-order valence-corrected chi connectivity index (χ0v) is 15.9. The van der Waals surface area contributed by atoms with Gasteiger partial charge in [0, 0.05) is 36.0 Å². The van der Waals surface area contributed by atoms with E-state index in [-0.39, 0.29) is 11.8 Å². The highest BCUT2D eigenvalue weighted by Crippen LogP contribution is 2.37. The van der Waals surface area contributed by atoms with Crippen molar-refractivity contribution in [2.75, 3.05) is 0 Å². The number of carbonyl (C=O) groups is 1. The molecule has 3 aromatic rings. The number of nitrogens with zero attached hydrogens (tertiary/aromatic N) is 3. The average molecular weight is 386 g/mol. The summed E-state index contributed by atoms with van der Waals surface area (Å²) in [5.74, 6) is 0.362. The minimum Gasteiger partial charge on any atom is -0.296 e. The normalized spacial score (nSPS) is 16.8. The van der Waals surface area contributed by atoms with Crippen LogP contribution in [0.2, 0.25) is 0 Å². The first-order chi connectivity index (χ1) is 13.6. The van der Waals surface area contributed by atoms with E-state index >= 15 is 0 Å². The summed E-state index contributed by atoms with van der Waals surface area (Å²) in [5, 5.41) is 19.5. The number of nitrogens with one attached hydrogen (secondary N) is 1. The third-order valence-electron chi connectivity index (χ3n) is 4.90. The summed E-state index contributed by atoms with van der Waals surface area (Å²) in [6.45, 7) is 0.398. The van der Waals surface area contributed by atoms with Gasteiger partial charge in [0.2, 0.25) is 5.91 Å². The predicted octanol–water partition coefficient (Wildman–Crippen LogP) is 4.57. The van der Waals surface area contributed by atoms with Crippen molar-refractivity contribution in [2.45, 2.75) is 25.3 Å². The van der Waals surface area contributed by atoms with Crippen LogP contribution in [0.1, 0.15) is 34.8 Å². The number of piperidine rings is 1. The number of amidine groups is 1. The molecule has 0 unspecified atom stereocenters. The SMILES string of the molecule is N#Cc1cccc(-c2csc([C@H]3CC(=N)N(Cc4cccnc4)C(=O)C3)c2)c1. The Bertz CT molecular complexity index is 1050. The second kappa shape index (κ2) is 7.75. The first-order valence-electron chi connectivity index (χ1n) is 8.99. The highest BCUT2D eigenvalue weighted by atomic mass is 32.1. The fraction of sp³-hybridized carbons (Fsp3) is 0.182. The van der Waals surface area contributed by atoms with Crippen LogP contribution in [0.5, 0.6) is 0 Å². The maximum Gasteiger partial charge on any atom is 0.228 e. The molecule has 1 N–H and O–H groups in total. The average Bonchev–Trinajstić information content (AvgIpc) is 3.22. The van der Waals surface area contributed by atoms with Crippen LogP contribution in [-0.4, -0.2) is 21.6 Å². The number of thiophene rings is 1. The van der Waals surface area contributed by atoms with Crippen molar-refractivity contribution in [3.05, 3.63) is 76.2 Å². The van der Waals surface area contributed by atoms with Crippen LogP contribution in [-0.2, 0) is 11.3 Å². The standard InChI is InChI=1S/C22H18N4OS/c23-11-15-3-1-5-17(7-15)19-8-20(28-14-19)18-9-21(24)26(22(27)10-18)13-16-4-2-6-25-12-16/h1-8,12,14,18,24H,9-10,13H2/t18-/m0/s1. The molecule has 1 aromatic carbocycles. The highest BCUT2D eigenvalue weighted by molar-refractivity contribution is 7.10. The molecule has 5 nitrogen and oxygen atoms in total. The number of pyridine rings is 1. The van der Waals surface area contributed by atoms with Crippen molar-refractivity contribution >= 4 is 23.1 Å². The van der Waals surface area contributed by atoms with Crippen LogP contribution in [0, 0.1) is 16.7 Å². The molecule has 138 valence electrons. The van der Waals surface area contributed by atoms with Gasteiger partial charge < -0.3 is 0 Å². The molecule has 0 bridgehead atoms. The summed E-state index contributed by atoms with van der Waals surface area (Å²) in [6.07, 6.45) is 4.38. The summed E-state index contributed by atoms with van der Waals surface area (Å²) in [4.78, 5) is 19.4. The Morgan fingerprint density at radius 2 is 2.11 bits per heavy atom. The molecule has 3 heterocycles. The number of nitriles is 1. The molecular formula is C22H18N4OS. The fourth-order valence-corrected chi connectivity index (χ4v) is 4.45. The third kappa shape index (κ3) is 3.71. The van der Waals surface area contributed by atoms with Gasteiger partial charge in [0.15, 0.2) is 0 Å². The maximum absolute atomic E-state index is 12.7. The number of carbonyl (C=O) groups excluding carboxylic acids is 1. The van der Waals surface area contributed by atoms with Gasteiger partial charge >= 0.3 is 0 Å². The Kier molecular flexibility index (Phi) is 5.00. The molecule has 1 atom stereocenters. The number of benzene rings is 1. The van der Waals surface area contributed by atoms with Crippen LogP contribution >= 0.6 is 11.3 Å². The van der Waals surface area contributed by atoms with E-state index in [9.17, 15) is 4.79 Å². The topological polar surface area (TPSA) is 80.8 Å². The van der Waals surface area contributed by atoms with E-state index < -0.39 is 0 Å². The molecule has 1 saturated heterocycles. The fourth-order valence-electron chi connectivity index (χ4n) is 3.43. The number of hydrogen-bond acceptors (Lipinski definition) is 5. The highest BCUT2D eigenvalue weighted by Gasteiger charge is 2.31. The molecule has 0 spiro atoms. The quantitative estimate of drug-likeness (QED) is 0.713. The monoisotopic (exact) mass is 386 g/mol. The van der Waals surface area contributed by atoms with Gasteiger partial charge in [0.25, 0.3) is 0 Å². The van der Waals surface area contributed by atoms with Crippen molar-refractivity contribution in [2.24, 2.45) is 0 Å². The summed E-state index contributed by atoms with van der Waals surface area (Å²) in [7, 11) is 0. The molecule has 4 rings (SSSR count). The second-order valence-electron chi connectivity index (χ2n) is 6.82. The maximum atomic E-state index is 12.7. The molecule has 1 aliphatic rings. The largest absolute Gasteiger partial charge is 0.296 e. The van der Waals surface area contributed by atoms with E-state index in [1.165, 1.54) is 0 Å². The Balaban J connectivity index is 1.50. The van der Waals surface area contributed by atoms with Crippen molar-refractivity contribution in [1.29, 1.82) is 10.7 Å². The molecule has 1 aliphatic heterocycles. The van der Waals surface area contributed by atoms with Crippen molar-refractivity contribution in [1.82, 2.24) is 9.88 Å². The van der Waals surface area contributed by atoms with Crippen molar-refractivity contribution in [3.63, 3.8) is 0 Å². The first-order valence-corrected chi connectivity index (χ1v) is 9.87. The Morgan fingerprint density at radius 3 is 2.86 bits per heavy atom. The van der Waals surface area contributed by atoms with E-state index in [0.717, 1.165) is 21.6 Å². The van der Waals surface area contributed by atoms with Gasteiger partial charge in [-0.2, -0.15) is 5.26 Å². The number of rotatable bonds is 4. The molecule has 0 saturated carbocycles. The summed E-state index contributed by atoms with van der Waals surface area (Å²) < 4.78 is 0. The minimum atomic E-state index is -0.0217. The summed E-state index contributed by atoms with van der Waals surface area (Å²) >= 11 is 1.61. The van der Waals surface area contributed by atoms with Gasteiger partial charge in [0.05, 0.1) is 18.2 Å². The van der Waals surface area contributed by atoms with Crippen molar-refractivity contribution in [3.8, 4) is 17.2 Å². The van der Waals surface area contributed by atoms with Gasteiger partial charge in [-0.1, -0.05) is 18.2 Å². The van der Waals surface area contributed by atoms with Crippen molar-refractivity contribution < 1.29 is 4.79 Å². The number of likely N-dealkylation sites (tertiary alicyclic amines) is 1. The van der Waals surface area contributed by atoms with Gasteiger partial charge in [0.1, 0.15) is 5.84 Å². The lowest BCUT2D eigenvalue weighted by Crippen LogP contribution is -2.41. The van der Waals surface area contributed by atoms with Gasteiger partial charge in [-0.15, -0.1) is 11.3 Å². The van der Waals surface area contributed by atoms with Crippen LogP contribution < -0.4 is 0 Å². The first kappa shape index (κ1) is 18.1. The minimum absolute atomic E-state index is 0.0217. The number of hydrogen-bond donors (Lipinski definition) is 1. The molecule has 6 heteroatoms. The molecule has 0 aliphatic carbocycles. The zero-order valence-electron chi connectivity index (χ0n) is 15.1. The molecular weight excluding hydrogens is 368 g/mol. The Morgan fingerprint density at radius 1 is 1.21 bits per heavy atom. The molecule has 28 heavy (non-hydrogen) atoms. The number of aromatic nitrogens is 1. The third-order valence-corrected chi connectivity index (χ3v) is 5.99. The summed E-state index contributed by atoms with van der Waals surface area (Å²) in [5.41, 5.74) is 3.60. The lowest BCUT2D eigenvalue weighted by atomic mass is 9.92. The molecule has 1 amide bonds. The molecule has 1 fully saturated rings. The zero-order chi connectivity index (χ0) is 19.5. The number of amides is 1. The molecule has 2 aromatic heterocycles. The van der Waals surface area contributed by atoms with Crippen LogP contribution in [0.15, 0.2) is 60.2 Å². The predicted molar refractivity (Wildman–Crippen MR) is 109 cm³/mol. The smallest absolute Gasteiger partial charge is 0.228 e. The van der Waals surface area contributed by atoms with E-state index in [1.807, 2.05) is 30.3 Å². The summed E-state index contributed by atoms with van der Waals surface area (Å²) in [6, 6.07) is 15.5. The second-order valence-corrected chi connectivity index (χ2v) is 7.77. The van der Waals surface area contributed by atoms with E-state index in [0.29, 0.717) is 30.8 Å². The molecule has 0 radical (unpaired) electrons. The lowest BCUT2D eigenvalue weighted by Gasteiger charge is -2.31. The van der Waals surface area contributed by atoms with E-state index in [2.05, 4.69) is 22.5 Å². The lowest BCUT2D eigenvalue weighted by molar-refractivity contribution is -0.129. The van der Waals surface area contributed by atoms with Gasteiger partial charge in [-0.3, -0.25) is 20.1 Å².